The Morgan fingerprint density at radius 3 is 2.73 bits per heavy atom. The van der Waals surface area contributed by atoms with Gasteiger partial charge < -0.3 is 19.4 Å². The Morgan fingerprint density at radius 2 is 2.00 bits per heavy atom. The molecule has 0 aliphatic carbocycles. The van der Waals surface area contributed by atoms with Crippen LogP contribution < -0.4 is 14.8 Å². The molecule has 26 heavy (non-hydrogen) atoms. The lowest BCUT2D eigenvalue weighted by Crippen LogP contribution is -2.23. The highest BCUT2D eigenvalue weighted by molar-refractivity contribution is 8.00. The lowest BCUT2D eigenvalue weighted by atomic mass is 10.2. The number of rotatable bonds is 6. The van der Waals surface area contributed by atoms with Gasteiger partial charge in [0, 0.05) is 24.0 Å². The number of nitrogens with zero attached hydrogens (tertiary/aromatic N) is 2. The fraction of sp³-hybridized carbons (Fsp3) is 0.474. The molecule has 1 N–H and O–H groups in total. The number of fused-ring (bicyclic) bond motifs is 1. The molecule has 1 amide bonds. The summed E-state index contributed by atoms with van der Waals surface area (Å²) < 4.78 is 12.8. The Bertz CT molecular complexity index is 817. The van der Waals surface area contributed by atoms with Crippen molar-refractivity contribution in [3.05, 3.63) is 29.6 Å². The van der Waals surface area contributed by atoms with Gasteiger partial charge in [-0.2, -0.15) is 0 Å². The van der Waals surface area contributed by atoms with Gasteiger partial charge in [-0.1, -0.05) is 25.6 Å². The number of amides is 1. The summed E-state index contributed by atoms with van der Waals surface area (Å²) in [5.74, 6) is 1.80. The first-order valence-electron chi connectivity index (χ1n) is 8.76. The molecule has 1 aliphatic rings. The average molecular weight is 375 g/mol. The number of benzene rings is 1. The molecule has 0 unspecified atom stereocenters. The lowest BCUT2D eigenvalue weighted by molar-refractivity contribution is -0.115. The molecule has 1 aromatic heterocycles. The third-order valence-electron chi connectivity index (χ3n) is 4.26. The molecule has 2 heterocycles. The van der Waals surface area contributed by atoms with Crippen molar-refractivity contribution in [3.8, 4) is 11.5 Å². The number of thioether (sulfide) groups is 1. The number of carbonyl (C=O) groups is 1. The van der Waals surface area contributed by atoms with Crippen LogP contribution in [0.1, 0.15) is 32.2 Å². The summed E-state index contributed by atoms with van der Waals surface area (Å²) >= 11 is 1.48. The molecule has 6 nitrogen and oxygen atoms in total. The highest BCUT2D eigenvalue weighted by Crippen LogP contribution is 2.34. The largest absolute Gasteiger partial charge is 0.454 e. The minimum absolute atomic E-state index is 0.0664. The van der Waals surface area contributed by atoms with Crippen molar-refractivity contribution in [1.29, 1.82) is 0 Å². The lowest BCUT2D eigenvalue weighted by Gasteiger charge is -2.15. The summed E-state index contributed by atoms with van der Waals surface area (Å²) in [7, 11) is 0. The third-order valence-corrected chi connectivity index (χ3v) is 5.35. The molecular weight excluding hydrogens is 350 g/mol. The topological polar surface area (TPSA) is 65.4 Å². The van der Waals surface area contributed by atoms with Crippen molar-refractivity contribution in [3.63, 3.8) is 0 Å². The standard InChI is InChI=1S/C19H25N3O3S/c1-11(2)9-22-13(4)12(3)20-19(22)26-14(5)18(23)21-15-6-7-16-17(8-15)25-10-24-16/h6-8,11,14H,9-10H2,1-5H3,(H,21,23)/t14-/m0/s1. The number of aryl methyl sites for hydroxylation is 1. The summed E-state index contributed by atoms with van der Waals surface area (Å²) in [6, 6.07) is 5.40. The molecule has 0 radical (unpaired) electrons. The van der Waals surface area contributed by atoms with Gasteiger partial charge >= 0.3 is 0 Å². The SMILES string of the molecule is Cc1nc(S[C@@H](C)C(=O)Nc2ccc3c(c2)OCO3)n(CC(C)C)c1C. The van der Waals surface area contributed by atoms with Crippen LogP contribution in [-0.4, -0.2) is 27.5 Å². The van der Waals surface area contributed by atoms with Gasteiger partial charge in [-0.25, -0.2) is 4.98 Å². The van der Waals surface area contributed by atoms with Crippen LogP contribution in [0.3, 0.4) is 0 Å². The normalized spacial score (nSPS) is 13.9. The van der Waals surface area contributed by atoms with Crippen molar-refractivity contribution in [2.24, 2.45) is 5.92 Å². The zero-order valence-electron chi connectivity index (χ0n) is 15.8. The summed E-state index contributed by atoms with van der Waals surface area (Å²) in [6.45, 7) is 11.4. The summed E-state index contributed by atoms with van der Waals surface area (Å²) in [5, 5.41) is 3.56. The first-order chi connectivity index (χ1) is 12.3. The Hall–Kier alpha value is -2.15. The maximum Gasteiger partial charge on any atom is 0.237 e. The van der Waals surface area contributed by atoms with Gasteiger partial charge in [-0.15, -0.1) is 0 Å². The summed E-state index contributed by atoms with van der Waals surface area (Å²) in [6.07, 6.45) is 0. The molecule has 2 aromatic rings. The Balaban J connectivity index is 1.69. The molecule has 0 saturated heterocycles. The molecule has 1 atom stereocenters. The third kappa shape index (κ3) is 3.98. The minimum Gasteiger partial charge on any atom is -0.454 e. The smallest absolute Gasteiger partial charge is 0.237 e. The van der Waals surface area contributed by atoms with Crippen LogP contribution in [0, 0.1) is 19.8 Å². The number of ether oxygens (including phenoxy) is 2. The molecule has 1 aromatic carbocycles. The van der Waals surface area contributed by atoms with E-state index >= 15 is 0 Å². The van der Waals surface area contributed by atoms with E-state index in [9.17, 15) is 4.79 Å². The number of nitrogens with one attached hydrogen (secondary N) is 1. The second-order valence-electron chi connectivity index (χ2n) is 6.89. The molecule has 7 heteroatoms. The van der Waals surface area contributed by atoms with E-state index in [2.05, 4.69) is 35.6 Å². The monoisotopic (exact) mass is 375 g/mol. The zero-order valence-corrected chi connectivity index (χ0v) is 16.6. The van der Waals surface area contributed by atoms with E-state index in [0.717, 1.165) is 23.1 Å². The van der Waals surface area contributed by atoms with Gasteiger partial charge in [-0.05, 0) is 38.8 Å². The second-order valence-corrected chi connectivity index (χ2v) is 8.19. The van der Waals surface area contributed by atoms with E-state index in [0.29, 0.717) is 23.1 Å². The van der Waals surface area contributed by atoms with Gasteiger partial charge in [0.1, 0.15) is 0 Å². The van der Waals surface area contributed by atoms with Crippen molar-refractivity contribution in [2.75, 3.05) is 12.1 Å². The van der Waals surface area contributed by atoms with Gasteiger partial charge in [0.2, 0.25) is 12.7 Å². The number of carbonyl (C=O) groups excluding carboxylic acids is 1. The summed E-state index contributed by atoms with van der Waals surface area (Å²) in [4.78, 5) is 17.3. The van der Waals surface area contributed by atoms with Crippen molar-refractivity contribution in [1.82, 2.24) is 9.55 Å². The Morgan fingerprint density at radius 1 is 1.27 bits per heavy atom. The van der Waals surface area contributed by atoms with Gasteiger partial charge in [-0.3, -0.25) is 4.79 Å². The number of imidazole rings is 1. The van der Waals surface area contributed by atoms with E-state index < -0.39 is 0 Å². The molecule has 140 valence electrons. The van der Waals surface area contributed by atoms with Crippen LogP contribution >= 0.6 is 11.8 Å². The molecule has 1 aliphatic heterocycles. The van der Waals surface area contributed by atoms with Gasteiger partial charge in [0.15, 0.2) is 16.7 Å². The predicted molar refractivity (Wildman–Crippen MR) is 103 cm³/mol. The van der Waals surface area contributed by atoms with E-state index in [1.165, 1.54) is 11.8 Å². The van der Waals surface area contributed by atoms with E-state index in [1.54, 1.807) is 12.1 Å². The molecule has 0 fully saturated rings. The van der Waals surface area contributed by atoms with Crippen LogP contribution in [0.15, 0.2) is 23.4 Å². The second kappa shape index (κ2) is 7.61. The number of anilines is 1. The Kier molecular flexibility index (Phi) is 5.46. The number of hydrogen-bond acceptors (Lipinski definition) is 5. The maximum atomic E-state index is 12.6. The van der Waals surface area contributed by atoms with E-state index in [4.69, 9.17) is 9.47 Å². The van der Waals surface area contributed by atoms with Gasteiger partial charge in [0.05, 0.1) is 10.9 Å². The quantitative estimate of drug-likeness (QED) is 0.773. The first-order valence-corrected chi connectivity index (χ1v) is 9.64. The van der Waals surface area contributed by atoms with Crippen LogP contribution in [0.25, 0.3) is 0 Å². The van der Waals surface area contributed by atoms with Crippen molar-refractivity contribution < 1.29 is 14.3 Å². The molecule has 0 bridgehead atoms. The average Bonchev–Trinajstić information content (AvgIpc) is 3.14. The van der Waals surface area contributed by atoms with Crippen LogP contribution in [0.4, 0.5) is 5.69 Å². The molecule has 0 saturated carbocycles. The fourth-order valence-corrected chi connectivity index (χ4v) is 3.73. The van der Waals surface area contributed by atoms with E-state index in [-0.39, 0.29) is 18.0 Å². The number of aromatic nitrogens is 2. The predicted octanol–water partition coefficient (Wildman–Crippen LogP) is 4.00. The van der Waals surface area contributed by atoms with E-state index in [1.807, 2.05) is 19.9 Å². The van der Waals surface area contributed by atoms with Crippen molar-refractivity contribution in [2.45, 2.75) is 51.6 Å². The van der Waals surface area contributed by atoms with Crippen molar-refractivity contribution >= 4 is 23.4 Å². The highest BCUT2D eigenvalue weighted by atomic mass is 32.2. The molecule has 0 spiro atoms. The molecule has 3 rings (SSSR count). The zero-order chi connectivity index (χ0) is 18.8. The van der Waals surface area contributed by atoms with Gasteiger partial charge in [0.25, 0.3) is 0 Å². The highest BCUT2D eigenvalue weighted by Gasteiger charge is 2.21. The first kappa shape index (κ1) is 18.6. The molecular formula is C19H25N3O3S. The maximum absolute atomic E-state index is 12.6. The van der Waals surface area contributed by atoms with Crippen LogP contribution in [0.5, 0.6) is 11.5 Å². The summed E-state index contributed by atoms with van der Waals surface area (Å²) in [5.41, 5.74) is 2.87. The van der Waals surface area contributed by atoms with Crippen LogP contribution in [0.2, 0.25) is 0 Å². The fourth-order valence-electron chi connectivity index (χ4n) is 2.72. The number of hydrogen-bond donors (Lipinski definition) is 1. The Labute approximate surface area is 158 Å². The minimum atomic E-state index is -0.271. The van der Waals surface area contributed by atoms with Crippen LogP contribution in [-0.2, 0) is 11.3 Å².